The van der Waals surface area contributed by atoms with E-state index in [9.17, 15) is 13.5 Å². The van der Waals surface area contributed by atoms with Crippen LogP contribution in [0.2, 0.25) is 0 Å². The highest BCUT2D eigenvalue weighted by atomic mass is 127. The lowest BCUT2D eigenvalue weighted by Crippen LogP contribution is -2.44. The van der Waals surface area contributed by atoms with Crippen molar-refractivity contribution in [2.45, 2.75) is 77.4 Å². The largest absolute Gasteiger partial charge is 0.375 e. The summed E-state index contributed by atoms with van der Waals surface area (Å²) in [7, 11) is -3.70. The monoisotopic (exact) mass is 591 g/mol. The molecular weight excluding hydrogens is 564 g/mol. The molecule has 0 unspecified atom stereocenters. The molecule has 0 saturated carbocycles. The van der Waals surface area contributed by atoms with Crippen LogP contribution in [-0.4, -0.2) is 31.5 Å². The maximum Gasteiger partial charge on any atom is 0.245 e. The number of alkyl halides is 2. The van der Waals surface area contributed by atoms with Crippen molar-refractivity contribution in [2.24, 2.45) is 0 Å². The van der Waals surface area contributed by atoms with Gasteiger partial charge in [0.25, 0.3) is 0 Å². The van der Waals surface area contributed by atoms with Gasteiger partial charge in [0.05, 0.1) is 4.90 Å². The fourth-order valence-electron chi connectivity index (χ4n) is 3.27. The molecule has 142 valence electrons. The van der Waals surface area contributed by atoms with Crippen LogP contribution in [0.5, 0.6) is 0 Å². The van der Waals surface area contributed by atoms with Gasteiger partial charge in [0.1, 0.15) is 7.66 Å². The minimum atomic E-state index is -3.70. The Morgan fingerprint density at radius 3 is 2.36 bits per heavy atom. The minimum Gasteiger partial charge on any atom is -0.375 e. The van der Waals surface area contributed by atoms with Crippen molar-refractivity contribution in [3.8, 4) is 0 Å². The third kappa shape index (κ3) is 5.30. The second-order valence-corrected chi connectivity index (χ2v) is 14.6. The van der Waals surface area contributed by atoms with Gasteiger partial charge < -0.3 is 5.11 Å². The molecule has 1 heterocycles. The van der Waals surface area contributed by atoms with Crippen LogP contribution in [0.15, 0.2) is 29.2 Å². The molecule has 0 aliphatic carbocycles. The van der Waals surface area contributed by atoms with Crippen molar-refractivity contribution >= 4 is 55.2 Å². The molecule has 2 atom stereocenters. The fraction of sp³-hybridized carbons (Fsp3) is 0.667. The molecule has 1 aliphatic heterocycles. The molecule has 1 saturated heterocycles. The average Bonchev–Trinajstić information content (AvgIpc) is 2.77. The maximum atomic E-state index is 13.1. The van der Waals surface area contributed by atoms with Crippen molar-refractivity contribution in [3.63, 3.8) is 0 Å². The van der Waals surface area contributed by atoms with Gasteiger partial charge >= 0.3 is 0 Å². The van der Waals surface area contributed by atoms with Gasteiger partial charge in [0.2, 0.25) is 10.0 Å². The van der Waals surface area contributed by atoms with Crippen molar-refractivity contribution in [2.75, 3.05) is 0 Å². The summed E-state index contributed by atoms with van der Waals surface area (Å²) in [5.41, 5.74) is 1.02. The summed E-state index contributed by atoms with van der Waals surface area (Å²) >= 11 is 4.38. The summed E-state index contributed by atoms with van der Waals surface area (Å²) in [6, 6.07) is 6.73. The van der Waals surface area contributed by atoms with Gasteiger partial charge in [-0.1, -0.05) is 102 Å². The Bertz CT molecular complexity index is 661. The minimum absolute atomic E-state index is 0.142. The third-order valence-corrected chi connectivity index (χ3v) is 8.64. The van der Waals surface area contributed by atoms with Crippen LogP contribution in [0.3, 0.4) is 0 Å². The normalized spacial score (nSPS) is 23.9. The van der Waals surface area contributed by atoms with E-state index < -0.39 is 17.7 Å². The predicted molar refractivity (Wildman–Crippen MR) is 119 cm³/mol. The fourth-order valence-corrected chi connectivity index (χ4v) is 7.00. The number of aryl methyl sites for hydroxylation is 1. The lowest BCUT2D eigenvalue weighted by atomic mass is 10.1. The van der Waals surface area contributed by atoms with Crippen LogP contribution >= 0.6 is 45.2 Å². The Labute approximate surface area is 179 Å². The van der Waals surface area contributed by atoms with E-state index in [1.165, 1.54) is 23.6 Å². The molecule has 1 aliphatic rings. The number of rotatable bonds is 8. The van der Waals surface area contributed by atoms with Crippen molar-refractivity contribution in [3.05, 3.63) is 29.8 Å². The topological polar surface area (TPSA) is 57.6 Å². The Balaban J connectivity index is 2.19. The highest BCUT2D eigenvalue weighted by Crippen LogP contribution is 2.48. The van der Waals surface area contributed by atoms with E-state index in [4.69, 9.17) is 0 Å². The van der Waals surface area contributed by atoms with Gasteiger partial charge in [-0.05, 0) is 31.9 Å². The first-order valence-corrected chi connectivity index (χ1v) is 12.5. The molecular formula is C18H27I2NO3S. The van der Waals surface area contributed by atoms with Crippen LogP contribution in [0.25, 0.3) is 0 Å². The van der Waals surface area contributed by atoms with Crippen LogP contribution < -0.4 is 0 Å². The first-order chi connectivity index (χ1) is 11.7. The Kier molecular flexibility index (Phi) is 8.01. The quantitative estimate of drug-likeness (QED) is 0.263. The number of hydrogen-bond donors (Lipinski definition) is 1. The number of aliphatic hydroxyl groups is 1. The second-order valence-electron chi connectivity index (χ2n) is 6.84. The second kappa shape index (κ2) is 9.16. The predicted octanol–water partition coefficient (Wildman–Crippen LogP) is 5.00. The van der Waals surface area contributed by atoms with E-state index in [-0.39, 0.29) is 10.9 Å². The van der Waals surface area contributed by atoms with Crippen LogP contribution in [0.4, 0.5) is 0 Å². The smallest absolute Gasteiger partial charge is 0.245 e. The maximum absolute atomic E-state index is 13.1. The molecule has 1 N–H and O–H groups in total. The Morgan fingerprint density at radius 2 is 1.76 bits per heavy atom. The number of nitrogens with zero attached hydrogens (tertiary/aromatic N) is 1. The zero-order valence-electron chi connectivity index (χ0n) is 14.8. The molecule has 0 spiro atoms. The van der Waals surface area contributed by atoms with Crippen LogP contribution in [-0.2, 0) is 10.0 Å². The number of aliphatic hydroxyl groups excluding tert-OH is 1. The molecule has 0 amide bonds. The van der Waals surface area contributed by atoms with E-state index >= 15 is 0 Å². The molecule has 1 aromatic carbocycles. The zero-order valence-corrected chi connectivity index (χ0v) is 19.9. The summed E-state index contributed by atoms with van der Waals surface area (Å²) < 4.78 is 27.2. The summed E-state index contributed by atoms with van der Waals surface area (Å²) in [5.74, 6) is 0. The van der Waals surface area contributed by atoms with Gasteiger partial charge in [-0.3, -0.25) is 0 Å². The summed E-state index contributed by atoms with van der Waals surface area (Å²) in [6.45, 7) is 4.12. The molecule has 0 bridgehead atoms. The average molecular weight is 591 g/mol. The lowest BCUT2D eigenvalue weighted by molar-refractivity contribution is 0.0812. The van der Waals surface area contributed by atoms with E-state index in [2.05, 4.69) is 52.1 Å². The number of unbranched alkanes of at least 4 members (excludes halogenated alkanes) is 4. The van der Waals surface area contributed by atoms with Gasteiger partial charge in [0, 0.05) is 6.04 Å². The van der Waals surface area contributed by atoms with E-state index in [0.29, 0.717) is 6.42 Å². The molecule has 7 heteroatoms. The first-order valence-electron chi connectivity index (χ1n) is 8.86. The molecule has 0 aromatic heterocycles. The highest BCUT2D eigenvalue weighted by Gasteiger charge is 2.53. The number of benzene rings is 1. The number of hydrogen-bond acceptors (Lipinski definition) is 3. The van der Waals surface area contributed by atoms with Gasteiger partial charge in [-0.25, -0.2) is 8.42 Å². The first kappa shape index (κ1) is 21.8. The number of halogens is 2. The van der Waals surface area contributed by atoms with Gasteiger partial charge in [0.15, 0.2) is 0 Å². The van der Waals surface area contributed by atoms with Gasteiger partial charge in [-0.2, -0.15) is 4.31 Å². The molecule has 25 heavy (non-hydrogen) atoms. The Morgan fingerprint density at radius 1 is 1.16 bits per heavy atom. The third-order valence-electron chi connectivity index (χ3n) is 4.72. The lowest BCUT2D eigenvalue weighted by Gasteiger charge is -2.28. The van der Waals surface area contributed by atoms with E-state index in [0.717, 1.165) is 24.8 Å². The number of sulfonamides is 1. The van der Waals surface area contributed by atoms with E-state index in [1.54, 1.807) is 24.3 Å². The summed E-state index contributed by atoms with van der Waals surface area (Å²) in [5, 5.41) is 10.7. The molecule has 0 radical (unpaired) electrons. The SMILES string of the molecule is CCCCCCC[C@@H]1CC(I)(I)[C@H](O)N1S(=O)(=O)c1ccc(C)cc1. The molecule has 2 rings (SSSR count). The summed E-state index contributed by atoms with van der Waals surface area (Å²) in [6.07, 6.45) is 6.21. The van der Waals surface area contributed by atoms with Crippen molar-refractivity contribution < 1.29 is 13.5 Å². The van der Waals surface area contributed by atoms with E-state index in [1.807, 2.05) is 6.92 Å². The summed E-state index contributed by atoms with van der Waals surface area (Å²) in [4.78, 5) is 0.263. The highest BCUT2D eigenvalue weighted by molar-refractivity contribution is 14.2. The van der Waals surface area contributed by atoms with Crippen LogP contribution in [0.1, 0.15) is 57.4 Å². The molecule has 1 aromatic rings. The standard InChI is InChI=1S/C18H27I2NO3S/c1-3-4-5-6-7-8-15-13-18(19,20)17(22)21(15)25(23,24)16-11-9-14(2)10-12-16/h9-12,15,17,22H,3-8,13H2,1-2H3/t15-,17+/m1/s1. The van der Waals surface area contributed by atoms with Gasteiger partial charge in [-0.15, -0.1) is 0 Å². The zero-order chi connectivity index (χ0) is 18.7. The molecule has 4 nitrogen and oxygen atoms in total. The Hall–Kier alpha value is 0.550. The van der Waals surface area contributed by atoms with Crippen molar-refractivity contribution in [1.29, 1.82) is 0 Å². The van der Waals surface area contributed by atoms with Crippen LogP contribution in [0, 0.1) is 6.92 Å². The molecule has 1 fully saturated rings. The van der Waals surface area contributed by atoms with Crippen molar-refractivity contribution in [1.82, 2.24) is 4.31 Å².